The van der Waals surface area contributed by atoms with E-state index in [1.54, 1.807) is 0 Å². The van der Waals surface area contributed by atoms with Gasteiger partial charge >= 0.3 is 11.9 Å². The number of carboxylic acid groups (broad SMARTS) is 2. The van der Waals surface area contributed by atoms with E-state index in [0.717, 1.165) is 73.1 Å². The minimum absolute atomic E-state index is 0.0419. The molecule has 2 aromatic heterocycles. The fourth-order valence-corrected chi connectivity index (χ4v) is 6.39. The number of aliphatic carboxylic acids is 2. The molecule has 43 heavy (non-hydrogen) atoms. The van der Waals surface area contributed by atoms with E-state index in [1.165, 1.54) is 0 Å². The first-order valence-electron chi connectivity index (χ1n) is 14.9. The lowest BCUT2D eigenvalue weighted by atomic mass is 9.96. The van der Waals surface area contributed by atoms with Crippen LogP contribution >= 0.6 is 0 Å². The molecule has 0 spiro atoms. The second-order valence-electron chi connectivity index (χ2n) is 11.5. The van der Waals surface area contributed by atoms with E-state index in [2.05, 4.69) is 20.6 Å². The van der Waals surface area contributed by atoms with E-state index < -0.39 is 11.9 Å². The Morgan fingerprint density at radius 2 is 1.47 bits per heavy atom. The SMILES string of the molecule is CCC1=C(C)[C@@H](C=c2[nH]c(=Cc3[nH]c(C[C@@H]4NC(=O)C(C)=C4CC)c(C)c3CCC(=O)O)c(CCC(=O)O)c2C)NC1=O. The Morgan fingerprint density at radius 3 is 2.05 bits per heavy atom. The molecule has 0 aromatic carbocycles. The van der Waals surface area contributed by atoms with Gasteiger partial charge in [-0.25, -0.2) is 0 Å². The van der Waals surface area contributed by atoms with Crippen molar-refractivity contribution in [3.8, 4) is 0 Å². The monoisotopic (exact) mass is 590 g/mol. The summed E-state index contributed by atoms with van der Waals surface area (Å²) in [6.45, 7) is 11.7. The van der Waals surface area contributed by atoms with Crippen LogP contribution in [0.4, 0.5) is 0 Å². The molecule has 2 aliphatic rings. The summed E-state index contributed by atoms with van der Waals surface area (Å²) in [4.78, 5) is 54.8. The minimum Gasteiger partial charge on any atom is -0.481 e. The van der Waals surface area contributed by atoms with Crippen LogP contribution in [0.25, 0.3) is 12.2 Å². The van der Waals surface area contributed by atoms with Crippen LogP contribution in [0.3, 0.4) is 0 Å². The maximum Gasteiger partial charge on any atom is 0.303 e. The molecule has 2 aliphatic heterocycles. The number of carboxylic acids is 2. The van der Waals surface area contributed by atoms with E-state index in [9.17, 15) is 29.4 Å². The summed E-state index contributed by atoms with van der Waals surface area (Å²) in [6, 6.07) is -0.405. The highest BCUT2D eigenvalue weighted by molar-refractivity contribution is 5.98. The fourth-order valence-electron chi connectivity index (χ4n) is 6.39. The summed E-state index contributed by atoms with van der Waals surface area (Å²) >= 11 is 0. The highest BCUT2D eigenvalue weighted by Crippen LogP contribution is 2.27. The number of H-pyrrole nitrogens is 2. The minimum atomic E-state index is -0.902. The summed E-state index contributed by atoms with van der Waals surface area (Å²) in [6.07, 6.45) is 6.37. The van der Waals surface area contributed by atoms with E-state index in [1.807, 2.05) is 53.7 Å². The molecule has 0 saturated heterocycles. The molecule has 0 radical (unpaired) electrons. The van der Waals surface area contributed by atoms with E-state index in [-0.39, 0.29) is 36.7 Å². The van der Waals surface area contributed by atoms with Crippen LogP contribution < -0.4 is 21.3 Å². The molecule has 2 amide bonds. The molecule has 2 aromatic rings. The number of nitrogens with one attached hydrogen (secondary N) is 4. The zero-order chi connectivity index (χ0) is 31.6. The van der Waals surface area contributed by atoms with Crippen LogP contribution in [0.15, 0.2) is 22.3 Å². The molecular formula is C33H42N4O6. The van der Waals surface area contributed by atoms with Gasteiger partial charge < -0.3 is 30.8 Å². The first kappa shape index (κ1) is 31.6. The number of hydrogen-bond acceptors (Lipinski definition) is 4. The lowest BCUT2D eigenvalue weighted by molar-refractivity contribution is -0.138. The Hall–Kier alpha value is -4.34. The molecule has 4 heterocycles. The highest BCUT2D eigenvalue weighted by Gasteiger charge is 2.29. The standard InChI is InChI=1S/C33H42N4O6/c1-7-20-19(6)32(42)37-27(20)14-25-18(5)23(10-12-31(40)41)29(35-25)15-28-22(9-11-30(38)39)17(4)24(34-28)13-26-16(3)21(8-2)33(43)36-26/h13,15,26-27,34-35H,7-12,14H2,1-6H3,(H,36,43)(H,37,42)(H,38,39)(H,40,41)/t26-,27+/m1/s1. The Balaban J connectivity index is 1.84. The topological polar surface area (TPSA) is 164 Å². The van der Waals surface area contributed by atoms with Gasteiger partial charge in [-0.2, -0.15) is 0 Å². The molecule has 4 rings (SSSR count). The Labute approximate surface area is 251 Å². The second kappa shape index (κ2) is 12.9. The molecule has 0 saturated carbocycles. The average molecular weight is 591 g/mol. The van der Waals surface area contributed by atoms with Crippen LogP contribution in [-0.4, -0.2) is 56.0 Å². The third kappa shape index (κ3) is 6.53. The van der Waals surface area contributed by atoms with Gasteiger partial charge in [-0.3, -0.25) is 19.2 Å². The molecule has 10 heteroatoms. The molecule has 0 bridgehead atoms. The number of hydrogen-bond donors (Lipinski definition) is 6. The maximum absolute atomic E-state index is 12.4. The van der Waals surface area contributed by atoms with Crippen molar-refractivity contribution >= 4 is 35.9 Å². The van der Waals surface area contributed by atoms with E-state index in [0.29, 0.717) is 25.7 Å². The first-order valence-corrected chi connectivity index (χ1v) is 14.9. The fraction of sp³-hybridized carbons (Fsp3) is 0.455. The number of carbonyl (C=O) groups is 4. The average Bonchev–Trinajstić information content (AvgIpc) is 3.59. The van der Waals surface area contributed by atoms with E-state index >= 15 is 0 Å². The maximum atomic E-state index is 12.4. The normalized spacial score (nSPS) is 19.6. The van der Waals surface area contributed by atoms with Gasteiger partial charge in [0.15, 0.2) is 0 Å². The van der Waals surface area contributed by atoms with Crippen LogP contribution in [0.1, 0.15) is 87.0 Å². The number of carbonyl (C=O) groups excluding carboxylic acids is 2. The van der Waals surface area contributed by atoms with E-state index in [4.69, 9.17) is 0 Å². The van der Waals surface area contributed by atoms with Crippen molar-refractivity contribution in [1.29, 1.82) is 0 Å². The number of rotatable bonds is 12. The smallest absolute Gasteiger partial charge is 0.303 e. The van der Waals surface area contributed by atoms with Crippen molar-refractivity contribution in [2.24, 2.45) is 0 Å². The largest absolute Gasteiger partial charge is 0.481 e. The predicted molar refractivity (Wildman–Crippen MR) is 164 cm³/mol. The Morgan fingerprint density at radius 1 is 0.814 bits per heavy atom. The number of amides is 2. The summed E-state index contributed by atoms with van der Waals surface area (Å²) in [5.74, 6) is -1.94. The zero-order valence-electron chi connectivity index (χ0n) is 25.8. The quantitative estimate of drug-likeness (QED) is 0.222. The molecule has 6 N–H and O–H groups in total. The predicted octanol–water partition coefficient (Wildman–Crippen LogP) is 2.60. The number of aromatic nitrogens is 2. The zero-order valence-corrected chi connectivity index (χ0v) is 25.8. The lowest BCUT2D eigenvalue weighted by Crippen LogP contribution is -2.31. The van der Waals surface area contributed by atoms with Crippen molar-refractivity contribution in [2.75, 3.05) is 0 Å². The third-order valence-electron chi connectivity index (χ3n) is 8.96. The lowest BCUT2D eigenvalue weighted by Gasteiger charge is -2.14. The summed E-state index contributed by atoms with van der Waals surface area (Å²) in [5.41, 5.74) is 8.80. The molecule has 0 aliphatic carbocycles. The van der Waals surface area contributed by atoms with Gasteiger partial charge in [-0.1, -0.05) is 13.8 Å². The van der Waals surface area contributed by atoms with Crippen molar-refractivity contribution in [2.45, 2.75) is 98.6 Å². The van der Waals surface area contributed by atoms with Crippen molar-refractivity contribution in [3.63, 3.8) is 0 Å². The summed E-state index contributed by atoms with van der Waals surface area (Å²) < 4.78 is 0. The summed E-state index contributed by atoms with van der Waals surface area (Å²) in [7, 11) is 0. The van der Waals surface area contributed by atoms with Crippen molar-refractivity contribution in [1.82, 2.24) is 20.6 Å². The van der Waals surface area contributed by atoms with Gasteiger partial charge in [0.1, 0.15) is 0 Å². The Kier molecular flexibility index (Phi) is 9.47. The van der Waals surface area contributed by atoms with Gasteiger partial charge in [0, 0.05) is 52.5 Å². The molecular weight excluding hydrogens is 548 g/mol. The van der Waals surface area contributed by atoms with Gasteiger partial charge in [0.2, 0.25) is 11.8 Å². The molecule has 2 atom stereocenters. The van der Waals surface area contributed by atoms with Crippen LogP contribution in [0.5, 0.6) is 0 Å². The van der Waals surface area contributed by atoms with Crippen LogP contribution in [-0.2, 0) is 38.4 Å². The molecule has 0 fully saturated rings. The summed E-state index contributed by atoms with van der Waals surface area (Å²) in [5, 5.41) is 26.5. The first-order chi connectivity index (χ1) is 20.4. The van der Waals surface area contributed by atoms with Crippen molar-refractivity contribution < 1.29 is 29.4 Å². The highest BCUT2D eigenvalue weighted by atomic mass is 16.4. The van der Waals surface area contributed by atoms with Crippen LogP contribution in [0.2, 0.25) is 0 Å². The van der Waals surface area contributed by atoms with Crippen LogP contribution in [0, 0.1) is 13.8 Å². The van der Waals surface area contributed by atoms with Gasteiger partial charge in [0.25, 0.3) is 0 Å². The third-order valence-corrected chi connectivity index (χ3v) is 8.96. The molecule has 10 nitrogen and oxygen atoms in total. The van der Waals surface area contributed by atoms with Gasteiger partial charge in [0.05, 0.1) is 12.1 Å². The number of aromatic amines is 2. The molecule has 230 valence electrons. The second-order valence-corrected chi connectivity index (χ2v) is 11.5. The van der Waals surface area contributed by atoms with Crippen molar-refractivity contribution in [3.05, 3.63) is 66.6 Å². The molecule has 0 unspecified atom stereocenters. The van der Waals surface area contributed by atoms with Gasteiger partial charge in [-0.15, -0.1) is 0 Å². The Bertz CT molecular complexity index is 1670. The van der Waals surface area contributed by atoms with Gasteiger partial charge in [-0.05, 0) is 98.9 Å².